The Labute approximate surface area is 126 Å². The first-order chi connectivity index (χ1) is 9.49. The first-order valence-corrected chi connectivity index (χ1v) is 5.99. The number of hydrogen-bond donors (Lipinski definition) is 1. The van der Waals surface area contributed by atoms with E-state index < -0.39 is 11.9 Å². The normalized spacial score (nSPS) is 10.9. The highest BCUT2D eigenvalue weighted by molar-refractivity contribution is 5.85. The number of ether oxygens (including phenoxy) is 1. The largest absolute Gasteiger partial charge is 0.457 e. The summed E-state index contributed by atoms with van der Waals surface area (Å²) in [5, 5.41) is 0. The van der Waals surface area contributed by atoms with Crippen LogP contribution in [0.3, 0.4) is 0 Å². The third kappa shape index (κ3) is 4.91. The number of nitrogens with two attached hydrogens (primary N) is 1. The van der Waals surface area contributed by atoms with Crippen LogP contribution in [0.1, 0.15) is 11.3 Å². The van der Waals surface area contributed by atoms with Gasteiger partial charge in [0.1, 0.15) is 17.2 Å². The van der Waals surface area contributed by atoms with Crippen molar-refractivity contribution >= 4 is 12.4 Å². The molecule has 0 aliphatic rings. The van der Waals surface area contributed by atoms with Gasteiger partial charge in [0.2, 0.25) is 0 Å². The van der Waals surface area contributed by atoms with Crippen LogP contribution in [0, 0.1) is 0 Å². The molecule has 0 spiro atoms. The third-order valence-electron chi connectivity index (χ3n) is 2.61. The van der Waals surface area contributed by atoms with Crippen molar-refractivity contribution in [3.63, 3.8) is 0 Å². The average Bonchev–Trinajstić information content (AvgIpc) is 2.41. The van der Waals surface area contributed by atoms with Crippen LogP contribution >= 0.6 is 12.4 Å². The molecule has 0 fully saturated rings. The van der Waals surface area contributed by atoms with Gasteiger partial charge < -0.3 is 10.5 Å². The molecule has 0 bridgehead atoms. The standard InChI is InChI=1S/C14H13F3N2O.ClH/c15-14(16,17)13-9-12(6-8-19-13)20-11-3-1-10(2-4-11)5-7-18;/h1-4,6,8-9H,5,7,18H2;1H. The predicted octanol–water partition coefficient (Wildman–Crippen LogP) is 3.82. The van der Waals surface area contributed by atoms with E-state index in [0.29, 0.717) is 12.3 Å². The molecule has 0 saturated heterocycles. The fraction of sp³-hybridized carbons (Fsp3) is 0.214. The zero-order valence-corrected chi connectivity index (χ0v) is 11.7. The van der Waals surface area contributed by atoms with Crippen molar-refractivity contribution in [3.05, 3.63) is 53.9 Å². The number of nitrogens with zero attached hydrogens (tertiary/aromatic N) is 1. The maximum Gasteiger partial charge on any atom is 0.433 e. The van der Waals surface area contributed by atoms with E-state index in [1.165, 1.54) is 6.07 Å². The van der Waals surface area contributed by atoms with Gasteiger partial charge in [-0.3, -0.25) is 4.98 Å². The van der Waals surface area contributed by atoms with Crippen LogP contribution in [0.25, 0.3) is 0 Å². The lowest BCUT2D eigenvalue weighted by molar-refractivity contribution is -0.141. The van der Waals surface area contributed by atoms with E-state index in [4.69, 9.17) is 10.5 Å². The smallest absolute Gasteiger partial charge is 0.433 e. The molecule has 1 aromatic heterocycles. The molecule has 2 rings (SSSR count). The Morgan fingerprint density at radius 3 is 2.29 bits per heavy atom. The molecule has 21 heavy (non-hydrogen) atoms. The Balaban J connectivity index is 0.00000220. The van der Waals surface area contributed by atoms with E-state index in [0.717, 1.165) is 24.2 Å². The van der Waals surface area contributed by atoms with Gasteiger partial charge >= 0.3 is 6.18 Å². The quantitative estimate of drug-likeness (QED) is 0.932. The van der Waals surface area contributed by atoms with Crippen molar-refractivity contribution in [2.75, 3.05) is 6.54 Å². The molecule has 114 valence electrons. The summed E-state index contributed by atoms with van der Waals surface area (Å²) >= 11 is 0. The van der Waals surface area contributed by atoms with E-state index in [9.17, 15) is 13.2 Å². The Hall–Kier alpha value is -1.79. The van der Waals surface area contributed by atoms with E-state index in [2.05, 4.69) is 4.98 Å². The maximum atomic E-state index is 12.5. The van der Waals surface area contributed by atoms with Crippen LogP contribution in [0.5, 0.6) is 11.5 Å². The van der Waals surface area contributed by atoms with Crippen molar-refractivity contribution in [2.24, 2.45) is 5.73 Å². The van der Waals surface area contributed by atoms with Crippen LogP contribution in [0.4, 0.5) is 13.2 Å². The zero-order chi connectivity index (χ0) is 14.6. The summed E-state index contributed by atoms with van der Waals surface area (Å²) in [5.41, 5.74) is 5.50. The molecule has 0 atom stereocenters. The third-order valence-corrected chi connectivity index (χ3v) is 2.61. The van der Waals surface area contributed by atoms with Crippen molar-refractivity contribution in [2.45, 2.75) is 12.6 Å². The molecular formula is C14H14ClF3N2O. The van der Waals surface area contributed by atoms with E-state index in [-0.39, 0.29) is 18.2 Å². The van der Waals surface area contributed by atoms with Gasteiger partial charge in [0.25, 0.3) is 0 Å². The molecule has 0 aliphatic heterocycles. The maximum absolute atomic E-state index is 12.5. The molecule has 0 aliphatic carbocycles. The summed E-state index contributed by atoms with van der Waals surface area (Å²) in [6, 6.07) is 9.29. The topological polar surface area (TPSA) is 48.1 Å². The molecule has 3 nitrogen and oxygen atoms in total. The first kappa shape index (κ1) is 17.3. The number of alkyl halides is 3. The van der Waals surface area contributed by atoms with Crippen LogP contribution in [-0.2, 0) is 12.6 Å². The van der Waals surface area contributed by atoms with Crippen LogP contribution in [0.15, 0.2) is 42.6 Å². The number of pyridine rings is 1. The molecular weight excluding hydrogens is 305 g/mol. The van der Waals surface area contributed by atoms with Crippen LogP contribution < -0.4 is 10.5 Å². The molecule has 2 N–H and O–H groups in total. The van der Waals surface area contributed by atoms with Gasteiger partial charge in [-0.25, -0.2) is 0 Å². The number of rotatable bonds is 4. The Morgan fingerprint density at radius 1 is 1.05 bits per heavy atom. The Bertz CT molecular complexity index is 573. The SMILES string of the molecule is Cl.NCCc1ccc(Oc2ccnc(C(F)(F)F)c2)cc1. The summed E-state index contributed by atoms with van der Waals surface area (Å²) in [4.78, 5) is 3.27. The summed E-state index contributed by atoms with van der Waals surface area (Å²) in [5.74, 6) is 0.559. The van der Waals surface area contributed by atoms with Crippen LogP contribution in [0.2, 0.25) is 0 Å². The highest BCUT2D eigenvalue weighted by Gasteiger charge is 2.32. The number of halogens is 4. The van der Waals surface area contributed by atoms with Gasteiger partial charge in [0.05, 0.1) is 0 Å². The highest BCUT2D eigenvalue weighted by atomic mass is 35.5. The minimum Gasteiger partial charge on any atom is -0.457 e. The van der Waals surface area contributed by atoms with Gasteiger partial charge in [-0.15, -0.1) is 12.4 Å². The van der Waals surface area contributed by atoms with Gasteiger partial charge in [-0.05, 0) is 36.7 Å². The zero-order valence-electron chi connectivity index (χ0n) is 10.9. The number of hydrogen-bond acceptors (Lipinski definition) is 3. The summed E-state index contributed by atoms with van der Waals surface area (Å²) in [6.07, 6.45) is -2.67. The van der Waals surface area contributed by atoms with Crippen molar-refractivity contribution < 1.29 is 17.9 Å². The first-order valence-electron chi connectivity index (χ1n) is 5.99. The highest BCUT2D eigenvalue weighted by Crippen LogP contribution is 2.31. The monoisotopic (exact) mass is 318 g/mol. The number of benzene rings is 1. The lowest BCUT2D eigenvalue weighted by Crippen LogP contribution is -2.07. The van der Waals surface area contributed by atoms with E-state index in [1.807, 2.05) is 12.1 Å². The van der Waals surface area contributed by atoms with Gasteiger partial charge in [0.15, 0.2) is 0 Å². The minimum atomic E-state index is -4.48. The van der Waals surface area contributed by atoms with Gasteiger partial charge in [-0.2, -0.15) is 13.2 Å². The fourth-order valence-corrected chi connectivity index (χ4v) is 1.66. The Kier molecular flexibility index (Phi) is 5.99. The molecule has 2 aromatic rings. The molecule has 0 radical (unpaired) electrons. The summed E-state index contributed by atoms with van der Waals surface area (Å²) in [6.45, 7) is 0.541. The molecule has 0 unspecified atom stereocenters. The second kappa shape index (κ2) is 7.28. The lowest BCUT2D eigenvalue weighted by atomic mass is 10.1. The molecule has 1 heterocycles. The molecule has 1 aromatic carbocycles. The van der Waals surface area contributed by atoms with Crippen molar-refractivity contribution in [1.82, 2.24) is 4.98 Å². The van der Waals surface area contributed by atoms with Gasteiger partial charge in [0, 0.05) is 12.3 Å². The summed E-state index contributed by atoms with van der Waals surface area (Å²) in [7, 11) is 0. The number of aromatic nitrogens is 1. The fourth-order valence-electron chi connectivity index (χ4n) is 1.66. The second-order valence-corrected chi connectivity index (χ2v) is 4.16. The van der Waals surface area contributed by atoms with E-state index in [1.54, 1.807) is 12.1 Å². The van der Waals surface area contributed by atoms with Crippen molar-refractivity contribution in [1.29, 1.82) is 0 Å². The molecule has 7 heteroatoms. The van der Waals surface area contributed by atoms with Crippen molar-refractivity contribution in [3.8, 4) is 11.5 Å². The van der Waals surface area contributed by atoms with E-state index >= 15 is 0 Å². The van der Waals surface area contributed by atoms with Gasteiger partial charge in [-0.1, -0.05) is 12.1 Å². The minimum absolute atomic E-state index is 0. The van der Waals surface area contributed by atoms with Crippen LogP contribution in [-0.4, -0.2) is 11.5 Å². The molecule has 0 saturated carbocycles. The average molecular weight is 319 g/mol. The molecule has 0 amide bonds. The predicted molar refractivity (Wildman–Crippen MR) is 75.8 cm³/mol. The summed E-state index contributed by atoms with van der Waals surface area (Å²) < 4.78 is 42.9. The second-order valence-electron chi connectivity index (χ2n) is 4.16. The lowest BCUT2D eigenvalue weighted by Gasteiger charge is -2.09. The Morgan fingerprint density at radius 2 is 1.71 bits per heavy atom.